The smallest absolute Gasteiger partial charge is 0.256 e. The predicted molar refractivity (Wildman–Crippen MR) is 113 cm³/mol. The second kappa shape index (κ2) is 6.79. The molecule has 0 unspecified atom stereocenters. The summed E-state index contributed by atoms with van der Waals surface area (Å²) in [4.78, 5) is 4.68. The van der Waals surface area contributed by atoms with Crippen LogP contribution in [0.1, 0.15) is 32.3 Å². The summed E-state index contributed by atoms with van der Waals surface area (Å²) in [5.74, 6) is 2.12. The van der Waals surface area contributed by atoms with E-state index in [4.69, 9.17) is 0 Å². The lowest BCUT2D eigenvalue weighted by Gasteiger charge is -2.20. The van der Waals surface area contributed by atoms with Gasteiger partial charge in [-0.2, -0.15) is 4.57 Å². The van der Waals surface area contributed by atoms with Crippen LogP contribution in [0.15, 0.2) is 73.1 Å². The molecule has 0 bridgehead atoms. The minimum absolute atomic E-state index is 0.0976. The third-order valence-corrected chi connectivity index (χ3v) is 5.05. The molecule has 0 saturated heterocycles. The molecule has 0 atom stereocenters. The van der Waals surface area contributed by atoms with Crippen LogP contribution in [-0.2, 0) is 12.5 Å². The van der Waals surface area contributed by atoms with E-state index in [1.807, 2.05) is 19.4 Å². The molecule has 0 amide bonds. The first-order valence-electron chi connectivity index (χ1n) is 9.66. The van der Waals surface area contributed by atoms with Crippen LogP contribution in [0.25, 0.3) is 22.9 Å². The van der Waals surface area contributed by atoms with Gasteiger partial charge < -0.3 is 0 Å². The summed E-state index contributed by atoms with van der Waals surface area (Å²) in [6.07, 6.45) is 3.85. The molecule has 2 heterocycles. The van der Waals surface area contributed by atoms with Crippen molar-refractivity contribution in [2.75, 3.05) is 0 Å². The fourth-order valence-corrected chi connectivity index (χ4v) is 3.88. The van der Waals surface area contributed by atoms with E-state index in [1.54, 1.807) is 0 Å². The summed E-state index contributed by atoms with van der Waals surface area (Å²) in [6, 6.07) is 21.2. The Balaban J connectivity index is 2.18. The Labute approximate surface area is 166 Å². The normalized spacial score (nSPS) is 11.8. The number of rotatable bonds is 3. The molecule has 0 aliphatic heterocycles. The van der Waals surface area contributed by atoms with Crippen LogP contribution in [0.3, 0.4) is 0 Å². The number of nitrogens with zero attached hydrogens (tertiary/aromatic N) is 4. The Kier molecular flexibility index (Phi) is 4.42. The molecular formula is C24H27N4+. The van der Waals surface area contributed by atoms with Gasteiger partial charge in [-0.3, -0.25) is 4.57 Å². The van der Waals surface area contributed by atoms with Crippen molar-refractivity contribution in [1.29, 1.82) is 0 Å². The number of aromatic nitrogens is 4. The van der Waals surface area contributed by atoms with E-state index >= 15 is 0 Å². The summed E-state index contributed by atoms with van der Waals surface area (Å²) in [7, 11) is 2.04. The van der Waals surface area contributed by atoms with E-state index < -0.39 is 0 Å². The highest BCUT2D eigenvalue weighted by Crippen LogP contribution is 2.33. The minimum atomic E-state index is -0.0976. The quantitative estimate of drug-likeness (QED) is 0.477. The van der Waals surface area contributed by atoms with Crippen molar-refractivity contribution in [2.24, 2.45) is 7.05 Å². The van der Waals surface area contributed by atoms with Crippen molar-refractivity contribution >= 4 is 0 Å². The average molecular weight is 372 g/mol. The summed E-state index contributed by atoms with van der Waals surface area (Å²) >= 11 is 0. The molecule has 0 spiro atoms. The largest absolute Gasteiger partial charge is 0.358 e. The minimum Gasteiger partial charge on any atom is -0.256 e. The lowest BCUT2D eigenvalue weighted by molar-refractivity contribution is -0.623. The fraction of sp³-hybridized carbons (Fsp3) is 0.250. The van der Waals surface area contributed by atoms with Crippen LogP contribution in [0, 0.1) is 6.92 Å². The van der Waals surface area contributed by atoms with Gasteiger partial charge in [-0.1, -0.05) is 69.3 Å². The van der Waals surface area contributed by atoms with Crippen LogP contribution in [0.4, 0.5) is 0 Å². The van der Waals surface area contributed by atoms with Gasteiger partial charge in [-0.05, 0) is 19.1 Å². The molecule has 4 nitrogen and oxygen atoms in total. The van der Waals surface area contributed by atoms with Gasteiger partial charge in [0.15, 0.2) is 5.82 Å². The van der Waals surface area contributed by atoms with Gasteiger partial charge in [0.05, 0.1) is 11.9 Å². The standard InChI is InChI=1S/C24H27N4/c1-18-21(19-12-8-6-9-13-19)28(20-14-10-7-11-15-20)22(24(2,3)4)27(18)23-25-16-17-26(23)5/h6-17H,1-5H3/q+1. The zero-order valence-electron chi connectivity index (χ0n) is 17.2. The van der Waals surface area contributed by atoms with Crippen LogP contribution in [0.2, 0.25) is 0 Å². The molecular weight excluding hydrogens is 344 g/mol. The first-order chi connectivity index (χ1) is 13.4. The number of hydrogen-bond donors (Lipinski definition) is 0. The van der Waals surface area contributed by atoms with Gasteiger partial charge in [-0.25, -0.2) is 4.57 Å². The highest BCUT2D eigenvalue weighted by molar-refractivity contribution is 5.65. The van der Waals surface area contributed by atoms with Gasteiger partial charge in [0.25, 0.3) is 0 Å². The molecule has 4 heteroatoms. The molecule has 28 heavy (non-hydrogen) atoms. The molecule has 0 aliphatic carbocycles. The Morgan fingerprint density at radius 1 is 0.893 bits per heavy atom. The van der Waals surface area contributed by atoms with Crippen molar-refractivity contribution in [2.45, 2.75) is 33.1 Å². The average Bonchev–Trinajstić information content (AvgIpc) is 3.23. The van der Waals surface area contributed by atoms with Gasteiger partial charge in [-0.15, -0.1) is 4.98 Å². The summed E-state index contributed by atoms with van der Waals surface area (Å²) in [5, 5.41) is 0. The Bertz CT molecular complexity index is 1100. The Morgan fingerprint density at radius 2 is 1.50 bits per heavy atom. The highest BCUT2D eigenvalue weighted by atomic mass is 15.3. The van der Waals surface area contributed by atoms with E-state index in [9.17, 15) is 0 Å². The van der Waals surface area contributed by atoms with Gasteiger partial charge in [0, 0.05) is 18.0 Å². The number of aryl methyl sites for hydroxylation is 1. The fourth-order valence-electron chi connectivity index (χ4n) is 3.88. The van der Waals surface area contributed by atoms with Gasteiger partial charge in [0.1, 0.15) is 17.6 Å². The number of para-hydroxylation sites is 1. The van der Waals surface area contributed by atoms with Crippen LogP contribution in [0.5, 0.6) is 0 Å². The van der Waals surface area contributed by atoms with E-state index in [2.05, 4.69) is 107 Å². The predicted octanol–water partition coefficient (Wildman–Crippen LogP) is 4.76. The van der Waals surface area contributed by atoms with Crippen LogP contribution < -0.4 is 4.57 Å². The molecule has 0 fully saturated rings. The molecule has 0 radical (unpaired) electrons. The molecule has 0 saturated carbocycles. The van der Waals surface area contributed by atoms with Crippen LogP contribution in [-0.4, -0.2) is 14.1 Å². The molecule has 0 aliphatic rings. The molecule has 0 N–H and O–H groups in total. The number of hydrogen-bond acceptors (Lipinski definition) is 1. The number of imidazole rings is 2. The molecule has 142 valence electrons. The van der Waals surface area contributed by atoms with Crippen molar-refractivity contribution in [3.8, 4) is 22.9 Å². The van der Waals surface area contributed by atoms with Crippen LogP contribution >= 0.6 is 0 Å². The first-order valence-corrected chi connectivity index (χ1v) is 9.66. The zero-order valence-corrected chi connectivity index (χ0v) is 17.2. The Morgan fingerprint density at radius 3 is 2.04 bits per heavy atom. The maximum absolute atomic E-state index is 4.68. The van der Waals surface area contributed by atoms with E-state index in [0.717, 1.165) is 11.6 Å². The lowest BCUT2D eigenvalue weighted by Crippen LogP contribution is -2.44. The monoisotopic (exact) mass is 371 g/mol. The second-order valence-corrected chi connectivity index (χ2v) is 8.22. The SMILES string of the molecule is Cc1c(-c2ccccc2)n(-c2ccccc2)c(C(C)(C)C)[n+]1-c1nccn1C. The lowest BCUT2D eigenvalue weighted by atomic mass is 9.95. The van der Waals surface area contributed by atoms with E-state index in [-0.39, 0.29) is 5.41 Å². The van der Waals surface area contributed by atoms with Crippen molar-refractivity contribution in [3.05, 3.63) is 84.6 Å². The molecule has 4 aromatic rings. The maximum atomic E-state index is 4.68. The highest BCUT2D eigenvalue weighted by Gasteiger charge is 2.36. The first kappa shape index (κ1) is 18.2. The topological polar surface area (TPSA) is 26.6 Å². The van der Waals surface area contributed by atoms with Crippen molar-refractivity contribution < 1.29 is 4.57 Å². The second-order valence-electron chi connectivity index (χ2n) is 8.22. The Hall–Kier alpha value is -3.14. The molecule has 4 rings (SSSR count). The van der Waals surface area contributed by atoms with Crippen molar-refractivity contribution in [3.63, 3.8) is 0 Å². The number of benzene rings is 2. The van der Waals surface area contributed by atoms with E-state index in [1.165, 1.54) is 22.8 Å². The molecule has 2 aromatic heterocycles. The van der Waals surface area contributed by atoms with Crippen molar-refractivity contribution in [1.82, 2.24) is 14.1 Å². The van der Waals surface area contributed by atoms with Gasteiger partial charge >= 0.3 is 5.95 Å². The van der Waals surface area contributed by atoms with E-state index in [0.29, 0.717) is 0 Å². The van der Waals surface area contributed by atoms with Gasteiger partial charge in [0.2, 0.25) is 0 Å². The zero-order chi connectivity index (χ0) is 19.9. The third-order valence-electron chi connectivity index (χ3n) is 5.05. The summed E-state index contributed by atoms with van der Waals surface area (Å²) in [5.41, 5.74) is 4.62. The third kappa shape index (κ3) is 2.95. The summed E-state index contributed by atoms with van der Waals surface area (Å²) < 4.78 is 6.76. The maximum Gasteiger partial charge on any atom is 0.358 e. The summed E-state index contributed by atoms with van der Waals surface area (Å²) in [6.45, 7) is 8.96. The molecule has 2 aromatic carbocycles.